The molecule has 3 N–H and O–H groups in total. The van der Waals surface area contributed by atoms with Crippen molar-refractivity contribution < 1.29 is 23.8 Å². The largest absolute Gasteiger partial charge is 0.493 e. The molecule has 1 heterocycles. The van der Waals surface area contributed by atoms with Gasteiger partial charge in [-0.05, 0) is 66.2 Å². The van der Waals surface area contributed by atoms with Crippen molar-refractivity contribution >= 4 is 35.1 Å². The molecular weight excluding hydrogens is 558 g/mol. The Morgan fingerprint density at radius 2 is 1.88 bits per heavy atom. The lowest BCUT2D eigenvalue weighted by Gasteiger charge is -2.19. The summed E-state index contributed by atoms with van der Waals surface area (Å²) in [5.74, 6) is 2.05. The predicted molar refractivity (Wildman–Crippen MR) is 165 cm³/mol. The van der Waals surface area contributed by atoms with Crippen LogP contribution in [-0.2, 0) is 23.1 Å². The van der Waals surface area contributed by atoms with E-state index in [2.05, 4.69) is 21.0 Å². The smallest absolute Gasteiger partial charge is 0.248 e. The van der Waals surface area contributed by atoms with Crippen molar-refractivity contribution in [3.63, 3.8) is 0 Å². The fraction of sp³-hybridized carbons (Fsp3) is 0.400. The number of rotatable bonds is 11. The summed E-state index contributed by atoms with van der Waals surface area (Å²) >= 11 is 1.61. The number of benzene rings is 1. The number of aromatic nitrogens is 2. The Kier molecular flexibility index (Phi) is 10.00. The van der Waals surface area contributed by atoms with Gasteiger partial charge in [-0.3, -0.25) is 19.1 Å². The van der Waals surface area contributed by atoms with E-state index in [1.165, 1.54) is 20.1 Å². The number of thioether (sulfide) groups is 1. The molecule has 2 aromatic carbocycles. The Morgan fingerprint density at radius 3 is 2.50 bits per heavy atom. The van der Waals surface area contributed by atoms with E-state index < -0.39 is 12.1 Å². The van der Waals surface area contributed by atoms with Crippen LogP contribution >= 0.6 is 11.8 Å². The number of aryl methyl sites for hydroxylation is 2. The highest BCUT2D eigenvalue weighted by Crippen LogP contribution is 2.50. The topological polar surface area (TPSA) is 133 Å². The third-order valence-electron chi connectivity index (χ3n) is 7.14. The van der Waals surface area contributed by atoms with Crippen LogP contribution in [0.2, 0.25) is 0 Å². The Morgan fingerprint density at radius 1 is 1.12 bits per heavy atom. The molecule has 4 rings (SSSR count). The summed E-state index contributed by atoms with van der Waals surface area (Å²) < 4.78 is 18.7. The van der Waals surface area contributed by atoms with Crippen molar-refractivity contribution in [1.29, 1.82) is 0 Å². The van der Waals surface area contributed by atoms with Gasteiger partial charge in [0.2, 0.25) is 23.0 Å². The molecule has 2 atom stereocenters. The normalized spacial score (nSPS) is 14.5. The van der Waals surface area contributed by atoms with Crippen LogP contribution < -0.4 is 35.6 Å². The SMILES string of the molecule is COc1cc2c(c(OC)c1OC)-c1ccc(N[C@@H](CCSC)C(=O)Nc3ccn(C)n3)c(=O)cc1[C@@H](NC(C)=O)CC2. The molecule has 224 valence electrons. The van der Waals surface area contributed by atoms with Crippen LogP contribution in [0.5, 0.6) is 17.2 Å². The molecule has 0 saturated heterocycles. The Bertz CT molecular complexity index is 1520. The first-order valence-electron chi connectivity index (χ1n) is 13.5. The highest BCUT2D eigenvalue weighted by atomic mass is 32.2. The summed E-state index contributed by atoms with van der Waals surface area (Å²) in [6, 6.07) is 7.53. The molecule has 0 bridgehead atoms. The quantitative estimate of drug-likeness (QED) is 0.303. The molecule has 3 aromatic rings. The van der Waals surface area contributed by atoms with Gasteiger partial charge in [0.15, 0.2) is 17.3 Å². The number of hydrogen-bond acceptors (Lipinski definition) is 9. The number of anilines is 2. The van der Waals surface area contributed by atoms with E-state index in [4.69, 9.17) is 14.2 Å². The Balaban J connectivity index is 1.84. The monoisotopic (exact) mass is 595 g/mol. The van der Waals surface area contributed by atoms with Gasteiger partial charge in [-0.15, -0.1) is 0 Å². The van der Waals surface area contributed by atoms with Crippen molar-refractivity contribution in [2.45, 2.75) is 38.3 Å². The second-order valence-electron chi connectivity index (χ2n) is 9.94. The number of hydrogen-bond donors (Lipinski definition) is 3. The molecule has 11 nitrogen and oxygen atoms in total. The second-order valence-corrected chi connectivity index (χ2v) is 10.9. The van der Waals surface area contributed by atoms with Crippen LogP contribution in [0, 0.1) is 0 Å². The maximum atomic E-state index is 13.7. The standard InChI is InChI=1S/C30H37N5O6S/c1-17(36)31-21-9-7-18-15-25(39-3)28(40-4)29(41-5)27(18)19-8-10-22(24(37)16-20(19)21)32-23(12-14-42-6)30(38)33-26-11-13-35(2)34-26/h8,10-11,13,15-16,21,23H,7,9,12,14H2,1-6H3,(H,31,36)(H,32,37)(H,33,34,38)/t21-,23-/m0/s1. The van der Waals surface area contributed by atoms with Crippen LogP contribution in [0.15, 0.2) is 41.3 Å². The molecule has 1 aromatic heterocycles. The minimum Gasteiger partial charge on any atom is -0.493 e. The molecule has 1 aliphatic rings. The number of nitrogens with zero attached hydrogens (tertiary/aromatic N) is 2. The fourth-order valence-electron chi connectivity index (χ4n) is 5.21. The van der Waals surface area contributed by atoms with E-state index in [0.717, 1.165) is 11.1 Å². The Hall–Kier alpha value is -4.19. The molecule has 0 fully saturated rings. The lowest BCUT2D eigenvalue weighted by molar-refractivity contribution is -0.120. The van der Waals surface area contributed by atoms with Crippen molar-refractivity contribution in [3.05, 3.63) is 57.9 Å². The number of carbonyl (C=O) groups excluding carboxylic acids is 2. The fourth-order valence-corrected chi connectivity index (χ4v) is 5.69. The summed E-state index contributed by atoms with van der Waals surface area (Å²) in [5.41, 5.74) is 2.99. The maximum Gasteiger partial charge on any atom is 0.248 e. The summed E-state index contributed by atoms with van der Waals surface area (Å²) in [5, 5.41) is 13.2. The van der Waals surface area contributed by atoms with Crippen molar-refractivity contribution in [3.8, 4) is 28.4 Å². The van der Waals surface area contributed by atoms with E-state index >= 15 is 0 Å². The van der Waals surface area contributed by atoms with E-state index in [1.54, 1.807) is 56.0 Å². The van der Waals surface area contributed by atoms with E-state index in [9.17, 15) is 14.4 Å². The zero-order valence-electron chi connectivity index (χ0n) is 24.7. The number of fused-ring (bicyclic) bond motifs is 3. The minimum atomic E-state index is -0.688. The third kappa shape index (κ3) is 6.64. The van der Waals surface area contributed by atoms with Gasteiger partial charge in [-0.2, -0.15) is 16.9 Å². The predicted octanol–water partition coefficient (Wildman–Crippen LogP) is 3.77. The van der Waals surface area contributed by atoms with Gasteiger partial charge in [-0.25, -0.2) is 0 Å². The second kappa shape index (κ2) is 13.6. The van der Waals surface area contributed by atoms with Gasteiger partial charge in [0.1, 0.15) is 6.04 Å². The van der Waals surface area contributed by atoms with Crippen molar-refractivity contribution in [1.82, 2.24) is 15.1 Å². The van der Waals surface area contributed by atoms with E-state index in [-0.39, 0.29) is 22.9 Å². The molecule has 0 spiro atoms. The summed E-state index contributed by atoms with van der Waals surface area (Å²) in [6.45, 7) is 1.45. The van der Waals surface area contributed by atoms with Gasteiger partial charge in [0, 0.05) is 31.8 Å². The molecule has 2 amide bonds. The average molecular weight is 596 g/mol. The molecular formula is C30H37N5O6S. The number of nitrogens with one attached hydrogen (secondary N) is 3. The van der Waals surface area contributed by atoms with Gasteiger partial charge in [-0.1, -0.05) is 6.07 Å². The molecule has 42 heavy (non-hydrogen) atoms. The number of carbonyl (C=O) groups is 2. The minimum absolute atomic E-state index is 0.209. The van der Waals surface area contributed by atoms with Crippen LogP contribution in [0.25, 0.3) is 11.1 Å². The first-order valence-corrected chi connectivity index (χ1v) is 14.9. The first kappa shape index (κ1) is 30.8. The van der Waals surface area contributed by atoms with Gasteiger partial charge < -0.3 is 30.2 Å². The average Bonchev–Trinajstić information content (AvgIpc) is 3.23. The number of amides is 2. The van der Waals surface area contributed by atoms with E-state index in [0.29, 0.717) is 59.2 Å². The lowest BCUT2D eigenvalue weighted by atomic mass is 9.95. The van der Waals surface area contributed by atoms with Gasteiger partial charge in [0.05, 0.1) is 33.1 Å². The van der Waals surface area contributed by atoms with Crippen LogP contribution in [0.3, 0.4) is 0 Å². The zero-order chi connectivity index (χ0) is 30.4. The summed E-state index contributed by atoms with van der Waals surface area (Å²) in [6.07, 6.45) is 5.33. The highest BCUT2D eigenvalue weighted by Gasteiger charge is 2.30. The van der Waals surface area contributed by atoms with Crippen molar-refractivity contribution in [2.75, 3.05) is 44.0 Å². The molecule has 0 aliphatic heterocycles. The highest BCUT2D eigenvalue weighted by molar-refractivity contribution is 7.98. The molecule has 0 saturated carbocycles. The zero-order valence-corrected chi connectivity index (χ0v) is 25.5. The lowest BCUT2D eigenvalue weighted by Crippen LogP contribution is -2.36. The molecule has 0 radical (unpaired) electrons. The Labute approximate surface area is 249 Å². The third-order valence-corrected chi connectivity index (χ3v) is 7.78. The number of ether oxygens (including phenoxy) is 3. The summed E-state index contributed by atoms with van der Waals surface area (Å²) in [7, 11) is 6.42. The van der Waals surface area contributed by atoms with Crippen LogP contribution in [-0.4, -0.2) is 61.0 Å². The summed E-state index contributed by atoms with van der Waals surface area (Å²) in [4.78, 5) is 39.2. The first-order chi connectivity index (χ1) is 20.2. The molecule has 12 heteroatoms. The molecule has 0 unspecified atom stereocenters. The van der Waals surface area contributed by atoms with Crippen LogP contribution in [0.1, 0.15) is 36.9 Å². The van der Waals surface area contributed by atoms with E-state index in [1.807, 2.05) is 18.4 Å². The number of methoxy groups -OCH3 is 3. The van der Waals surface area contributed by atoms with Gasteiger partial charge >= 0.3 is 0 Å². The van der Waals surface area contributed by atoms with Crippen molar-refractivity contribution in [2.24, 2.45) is 7.05 Å². The maximum absolute atomic E-state index is 13.7. The van der Waals surface area contributed by atoms with Gasteiger partial charge in [0.25, 0.3) is 0 Å². The van der Waals surface area contributed by atoms with Crippen LogP contribution in [0.4, 0.5) is 11.5 Å². The molecule has 1 aliphatic carbocycles.